The molecule has 0 spiro atoms. The van der Waals surface area contributed by atoms with Crippen LogP contribution in [0, 0.1) is 13.8 Å². The summed E-state index contributed by atoms with van der Waals surface area (Å²) in [6.07, 6.45) is -4.00. The molecule has 3 amide bonds. The highest BCUT2D eigenvalue weighted by molar-refractivity contribution is 5.92. The number of hydrogen-bond donors (Lipinski definition) is 3. The largest absolute Gasteiger partial charge is 0.444 e. The van der Waals surface area contributed by atoms with Gasteiger partial charge < -0.3 is 54.0 Å². The Labute approximate surface area is 482 Å². The summed E-state index contributed by atoms with van der Waals surface area (Å²) in [5.74, 6) is 0.0490. The molecular formula is C55H66F6N16O8. The number of aromatic nitrogens is 10. The Morgan fingerprint density at radius 3 is 1.41 bits per heavy atom. The molecule has 456 valence electrons. The SMILES string of the molecule is CCc1c(N2CCN(C(=O)OC(C)(C)C)CC2)c(=O)n2nc(C3=CCOCC3)nc2n1CC(=O)Nc1ccc(C(F)(F)F)nc1C.CCc1c(N2CCNCC2)c(=O)n2nc(C3=CCOCC3)nc2n1CC(=O)Nc1ccc(C(F)(F)F)nc1C. The molecule has 4 aliphatic heterocycles. The zero-order valence-electron chi connectivity index (χ0n) is 48.0. The van der Waals surface area contributed by atoms with E-state index in [0.29, 0.717) is 139 Å². The smallest absolute Gasteiger partial charge is 0.433 e. The van der Waals surface area contributed by atoms with Gasteiger partial charge in [-0.3, -0.25) is 19.2 Å². The molecule has 6 aromatic heterocycles. The first-order chi connectivity index (χ1) is 40.3. The van der Waals surface area contributed by atoms with Gasteiger partial charge in [0.15, 0.2) is 11.6 Å². The standard InChI is InChI=1S/C30H37F3N8O5.C25H29F3N8O3/c1-6-21-24(38-11-13-39(14-12-38)28(44)46-29(3,4)5)26(43)41-27(36-25(37-41)19-9-15-45-16-10-19)40(21)17-23(42)35-20-7-8-22(30(31,32)33)34-18(20)2;1-3-18-21(34-10-8-29-9-11-34)23(38)36-24(32-22(33-36)16-6-12-39-13-7-16)35(18)14-20(37)31-17-4-5-19(25(26,27)28)30-15(17)2/h7-9H,6,10-17H2,1-5H3,(H,35,42);4-6,29H,3,7-14H2,1-2H3,(H,31,37). The number of piperazine rings is 2. The van der Waals surface area contributed by atoms with Gasteiger partial charge in [0.05, 0.1) is 60.6 Å². The predicted molar refractivity (Wildman–Crippen MR) is 300 cm³/mol. The lowest BCUT2D eigenvalue weighted by Crippen LogP contribution is -2.51. The fourth-order valence-corrected chi connectivity index (χ4v) is 10.3. The lowest BCUT2D eigenvalue weighted by molar-refractivity contribution is -0.142. The average molecular weight is 1190 g/mol. The van der Waals surface area contributed by atoms with Gasteiger partial charge in [0, 0.05) is 52.4 Å². The minimum Gasteiger partial charge on any atom is -0.444 e. The fourth-order valence-electron chi connectivity index (χ4n) is 10.3. The van der Waals surface area contributed by atoms with E-state index in [0.717, 1.165) is 29.3 Å². The van der Waals surface area contributed by atoms with E-state index in [1.165, 1.54) is 28.9 Å². The second-order valence-electron chi connectivity index (χ2n) is 21.4. The highest BCUT2D eigenvalue weighted by Crippen LogP contribution is 2.32. The van der Waals surface area contributed by atoms with Crippen molar-refractivity contribution in [3.05, 3.63) is 103 Å². The monoisotopic (exact) mass is 1190 g/mol. The first-order valence-electron chi connectivity index (χ1n) is 27.8. The molecule has 3 N–H and O–H groups in total. The quantitative estimate of drug-likeness (QED) is 0.124. The highest BCUT2D eigenvalue weighted by atomic mass is 19.4. The van der Waals surface area contributed by atoms with Crippen molar-refractivity contribution < 1.29 is 54.9 Å². The number of aryl methyl sites for hydroxylation is 2. The normalized spacial score (nSPS) is 16.2. The van der Waals surface area contributed by atoms with Gasteiger partial charge in [0.2, 0.25) is 23.4 Å². The van der Waals surface area contributed by atoms with Gasteiger partial charge in [0.1, 0.15) is 41.5 Å². The minimum atomic E-state index is -4.62. The first-order valence-corrected chi connectivity index (χ1v) is 27.8. The van der Waals surface area contributed by atoms with Crippen LogP contribution in [0.15, 0.2) is 46.0 Å². The lowest BCUT2D eigenvalue weighted by atomic mass is 10.1. The van der Waals surface area contributed by atoms with Crippen LogP contribution in [-0.2, 0) is 62.1 Å². The fraction of sp³-hybridized carbons (Fsp3) is 0.509. The van der Waals surface area contributed by atoms with Crippen LogP contribution in [0.2, 0.25) is 0 Å². The number of carbonyl (C=O) groups excluding carboxylic acids is 3. The summed E-state index contributed by atoms with van der Waals surface area (Å²) in [6, 6.07) is 3.97. The van der Waals surface area contributed by atoms with Crippen LogP contribution >= 0.6 is 0 Å². The molecule has 24 nitrogen and oxygen atoms in total. The Kier molecular flexibility index (Phi) is 18.1. The number of fused-ring (bicyclic) bond motifs is 2. The summed E-state index contributed by atoms with van der Waals surface area (Å²) in [7, 11) is 0. The van der Waals surface area contributed by atoms with E-state index >= 15 is 0 Å². The molecule has 30 heteroatoms. The molecule has 0 bridgehead atoms. The number of nitrogens with zero attached hydrogens (tertiary/aromatic N) is 13. The molecule has 10 heterocycles. The van der Waals surface area contributed by atoms with Gasteiger partial charge in [-0.2, -0.15) is 45.3 Å². The Balaban J connectivity index is 0.000000206. The van der Waals surface area contributed by atoms with Crippen molar-refractivity contribution in [3.8, 4) is 0 Å². The molecule has 0 unspecified atom stereocenters. The van der Waals surface area contributed by atoms with Crippen molar-refractivity contribution >= 4 is 63.4 Å². The Bertz CT molecular complexity index is 3700. The topological polar surface area (TPSA) is 255 Å². The molecule has 10 rings (SSSR count). The molecule has 0 atom stereocenters. The number of nitrogens with one attached hydrogen (secondary N) is 3. The molecule has 2 saturated heterocycles. The van der Waals surface area contributed by atoms with Gasteiger partial charge in [-0.1, -0.05) is 26.0 Å². The predicted octanol–water partition coefficient (Wildman–Crippen LogP) is 5.70. The van der Waals surface area contributed by atoms with Gasteiger partial charge in [-0.05, 0) is 95.7 Å². The number of rotatable bonds is 12. The van der Waals surface area contributed by atoms with Crippen LogP contribution in [0.5, 0.6) is 0 Å². The van der Waals surface area contributed by atoms with E-state index in [9.17, 15) is 50.3 Å². The number of alkyl halides is 6. The van der Waals surface area contributed by atoms with Crippen LogP contribution in [0.3, 0.4) is 0 Å². The Hall–Kier alpha value is -8.25. The number of pyridine rings is 2. The second-order valence-corrected chi connectivity index (χ2v) is 21.4. The van der Waals surface area contributed by atoms with Gasteiger partial charge in [-0.15, -0.1) is 10.2 Å². The number of halogens is 6. The van der Waals surface area contributed by atoms with E-state index in [1.807, 2.05) is 35.8 Å². The van der Waals surface area contributed by atoms with Crippen LogP contribution in [0.1, 0.15) is 93.3 Å². The first kappa shape index (κ1) is 61.3. The van der Waals surface area contributed by atoms with Crippen LogP contribution < -0.4 is 36.9 Å². The van der Waals surface area contributed by atoms with E-state index < -0.39 is 52.8 Å². The molecule has 2 fully saturated rings. The van der Waals surface area contributed by atoms with Crippen molar-refractivity contribution in [2.45, 2.75) is 105 Å². The zero-order chi connectivity index (χ0) is 61.1. The molecular weight excluding hydrogens is 1130 g/mol. The summed E-state index contributed by atoms with van der Waals surface area (Å²) < 4.78 is 100. The maximum absolute atomic E-state index is 14.0. The van der Waals surface area contributed by atoms with Crippen molar-refractivity contribution in [2.24, 2.45) is 0 Å². The third-order valence-electron chi connectivity index (χ3n) is 14.4. The van der Waals surface area contributed by atoms with Gasteiger partial charge >= 0.3 is 18.4 Å². The number of amides is 3. The maximum Gasteiger partial charge on any atom is 0.433 e. The van der Waals surface area contributed by atoms with Crippen molar-refractivity contribution in [3.63, 3.8) is 0 Å². The van der Waals surface area contributed by atoms with E-state index in [1.54, 1.807) is 34.8 Å². The number of anilines is 4. The van der Waals surface area contributed by atoms with E-state index in [-0.39, 0.29) is 53.0 Å². The van der Waals surface area contributed by atoms with Crippen molar-refractivity contribution in [1.82, 2.24) is 58.5 Å². The van der Waals surface area contributed by atoms with Crippen LogP contribution in [0.25, 0.3) is 22.7 Å². The highest BCUT2D eigenvalue weighted by Gasteiger charge is 2.35. The van der Waals surface area contributed by atoms with Crippen molar-refractivity contribution in [2.75, 3.05) is 99.2 Å². The molecule has 0 saturated carbocycles. The summed E-state index contributed by atoms with van der Waals surface area (Å²) >= 11 is 0. The van der Waals surface area contributed by atoms with Crippen LogP contribution in [-0.4, -0.2) is 155 Å². The zero-order valence-corrected chi connectivity index (χ0v) is 48.0. The number of hydrogen-bond acceptors (Lipinski definition) is 17. The third-order valence-corrected chi connectivity index (χ3v) is 14.4. The Morgan fingerprint density at radius 2 is 1.05 bits per heavy atom. The summed E-state index contributed by atoms with van der Waals surface area (Å²) in [6.45, 7) is 17.1. The molecule has 0 aromatic carbocycles. The van der Waals surface area contributed by atoms with E-state index in [2.05, 4.69) is 46.1 Å². The molecule has 85 heavy (non-hydrogen) atoms. The van der Waals surface area contributed by atoms with Crippen LogP contribution in [0.4, 0.5) is 53.9 Å². The minimum absolute atomic E-state index is 0.00343. The summed E-state index contributed by atoms with van der Waals surface area (Å²) in [5, 5.41) is 17.6. The molecule has 4 aliphatic rings. The van der Waals surface area contributed by atoms with Gasteiger partial charge in [0.25, 0.3) is 11.1 Å². The number of carbonyl (C=O) groups is 3. The summed E-state index contributed by atoms with van der Waals surface area (Å²) in [5.41, 5.74) is 0.478. The third kappa shape index (κ3) is 13.8. The van der Waals surface area contributed by atoms with Crippen molar-refractivity contribution in [1.29, 1.82) is 0 Å². The Morgan fingerprint density at radius 1 is 0.624 bits per heavy atom. The van der Waals surface area contributed by atoms with E-state index in [4.69, 9.17) is 14.2 Å². The summed E-state index contributed by atoms with van der Waals surface area (Å²) in [4.78, 5) is 89.1. The second kappa shape index (κ2) is 25.1. The molecule has 6 aromatic rings. The average Bonchev–Trinajstić information content (AvgIpc) is 1.83. The number of ether oxygens (including phenoxy) is 3. The maximum atomic E-state index is 14.0. The molecule has 0 radical (unpaired) electrons. The van der Waals surface area contributed by atoms with Gasteiger partial charge in [-0.25, -0.2) is 14.8 Å². The lowest BCUT2D eigenvalue weighted by Gasteiger charge is -2.37. The molecule has 0 aliphatic carbocycles.